The average molecular weight is 365 g/mol. The first kappa shape index (κ1) is 23.7. The Kier molecular flexibility index (Phi) is 13.4. The molecule has 0 bridgehead atoms. The van der Waals surface area contributed by atoms with E-state index in [1.54, 1.807) is 5.57 Å². The molecule has 0 aliphatic carbocycles. The third-order valence-electron chi connectivity index (χ3n) is 6.05. The van der Waals surface area contributed by atoms with Crippen molar-refractivity contribution in [2.45, 2.75) is 92.4 Å². The molecule has 2 nitrogen and oxygen atoms in total. The minimum Gasteiger partial charge on any atom is -0.314 e. The van der Waals surface area contributed by atoms with Gasteiger partial charge in [0.2, 0.25) is 0 Å². The normalized spacial score (nSPS) is 19.1. The molecule has 26 heavy (non-hydrogen) atoms. The van der Waals surface area contributed by atoms with E-state index in [9.17, 15) is 0 Å². The van der Waals surface area contributed by atoms with E-state index in [4.69, 9.17) is 0 Å². The number of piperazine rings is 1. The summed E-state index contributed by atoms with van der Waals surface area (Å²) in [4.78, 5) is 2.56. The van der Waals surface area contributed by atoms with Crippen molar-refractivity contribution in [3.63, 3.8) is 0 Å². The third-order valence-corrected chi connectivity index (χ3v) is 6.05. The van der Waals surface area contributed by atoms with Crippen molar-refractivity contribution in [2.24, 2.45) is 17.8 Å². The van der Waals surface area contributed by atoms with Crippen molar-refractivity contribution in [3.05, 3.63) is 11.6 Å². The Morgan fingerprint density at radius 1 is 0.846 bits per heavy atom. The Labute approximate surface area is 165 Å². The van der Waals surface area contributed by atoms with Crippen LogP contribution in [0.4, 0.5) is 0 Å². The van der Waals surface area contributed by atoms with Gasteiger partial charge in [0.05, 0.1) is 0 Å². The number of hydrogen-bond acceptors (Lipinski definition) is 2. The highest BCUT2D eigenvalue weighted by Gasteiger charge is 2.08. The van der Waals surface area contributed by atoms with Gasteiger partial charge in [0.25, 0.3) is 0 Å². The maximum absolute atomic E-state index is 3.42. The minimum atomic E-state index is 0.872. The topological polar surface area (TPSA) is 15.3 Å². The second-order valence-electron chi connectivity index (χ2n) is 9.46. The fourth-order valence-electron chi connectivity index (χ4n) is 3.99. The van der Waals surface area contributed by atoms with E-state index in [-0.39, 0.29) is 0 Å². The highest BCUT2D eigenvalue weighted by Crippen LogP contribution is 2.22. The van der Waals surface area contributed by atoms with Gasteiger partial charge in [0.15, 0.2) is 0 Å². The molecule has 1 N–H and O–H groups in total. The molecular weight excluding hydrogens is 316 g/mol. The predicted octanol–water partition coefficient (Wildman–Crippen LogP) is 6.28. The van der Waals surface area contributed by atoms with Crippen LogP contribution in [0.15, 0.2) is 11.6 Å². The van der Waals surface area contributed by atoms with Crippen LogP contribution in [0.3, 0.4) is 0 Å². The number of nitrogens with zero attached hydrogens (tertiary/aromatic N) is 1. The summed E-state index contributed by atoms with van der Waals surface area (Å²) in [6.45, 7) is 17.8. The van der Waals surface area contributed by atoms with Gasteiger partial charge in [0, 0.05) is 32.7 Å². The van der Waals surface area contributed by atoms with Crippen LogP contribution in [0.2, 0.25) is 0 Å². The van der Waals surface area contributed by atoms with Crippen molar-refractivity contribution in [1.29, 1.82) is 0 Å². The SMILES string of the molecule is C/C(=C\CN1CCNCC1)CCC[C@H](C)CCC[C@H](C)CCCC(C)C. The molecule has 154 valence electrons. The molecular formula is C24H48N2. The van der Waals surface area contributed by atoms with Crippen LogP contribution in [0.5, 0.6) is 0 Å². The highest BCUT2D eigenvalue weighted by atomic mass is 15.2. The van der Waals surface area contributed by atoms with E-state index in [0.717, 1.165) is 37.4 Å². The molecule has 0 radical (unpaired) electrons. The maximum atomic E-state index is 3.42. The van der Waals surface area contributed by atoms with Gasteiger partial charge in [-0.15, -0.1) is 0 Å². The third kappa shape index (κ3) is 12.9. The summed E-state index contributed by atoms with van der Waals surface area (Å²) in [5.41, 5.74) is 1.59. The number of nitrogens with one attached hydrogen (secondary N) is 1. The molecule has 0 amide bonds. The lowest BCUT2D eigenvalue weighted by Crippen LogP contribution is -2.43. The maximum Gasteiger partial charge on any atom is 0.0166 e. The zero-order valence-electron chi connectivity index (χ0n) is 18.7. The van der Waals surface area contributed by atoms with Crippen molar-refractivity contribution in [1.82, 2.24) is 10.2 Å². The Bertz CT molecular complexity index is 355. The predicted molar refractivity (Wildman–Crippen MR) is 118 cm³/mol. The van der Waals surface area contributed by atoms with Crippen LogP contribution in [0, 0.1) is 17.8 Å². The zero-order valence-corrected chi connectivity index (χ0v) is 18.7. The molecule has 0 saturated carbocycles. The molecule has 1 saturated heterocycles. The zero-order chi connectivity index (χ0) is 19.2. The Morgan fingerprint density at radius 3 is 1.96 bits per heavy atom. The first-order chi connectivity index (χ1) is 12.5. The van der Waals surface area contributed by atoms with Gasteiger partial charge in [-0.1, -0.05) is 84.3 Å². The van der Waals surface area contributed by atoms with Crippen LogP contribution < -0.4 is 5.32 Å². The molecule has 0 aromatic heterocycles. The number of allylic oxidation sites excluding steroid dienone is 1. The Hall–Kier alpha value is -0.340. The summed E-state index contributed by atoms with van der Waals surface area (Å²) in [6.07, 6.45) is 15.1. The Balaban J connectivity index is 2.00. The van der Waals surface area contributed by atoms with Gasteiger partial charge in [-0.05, 0) is 37.5 Å². The van der Waals surface area contributed by atoms with Crippen molar-refractivity contribution in [3.8, 4) is 0 Å². The lowest BCUT2D eigenvalue weighted by Gasteiger charge is -2.26. The van der Waals surface area contributed by atoms with E-state index in [1.807, 2.05) is 0 Å². The average Bonchev–Trinajstić information content (AvgIpc) is 2.60. The second-order valence-corrected chi connectivity index (χ2v) is 9.46. The summed E-state index contributed by atoms with van der Waals surface area (Å²) in [6, 6.07) is 0. The molecule has 0 aromatic carbocycles. The molecule has 1 heterocycles. The summed E-state index contributed by atoms with van der Waals surface area (Å²) in [5.74, 6) is 2.70. The van der Waals surface area contributed by atoms with E-state index >= 15 is 0 Å². The van der Waals surface area contributed by atoms with Crippen LogP contribution in [-0.4, -0.2) is 37.6 Å². The van der Waals surface area contributed by atoms with Gasteiger partial charge >= 0.3 is 0 Å². The monoisotopic (exact) mass is 364 g/mol. The van der Waals surface area contributed by atoms with Crippen LogP contribution in [0.1, 0.15) is 92.4 Å². The lowest BCUT2D eigenvalue weighted by atomic mass is 9.91. The second kappa shape index (κ2) is 14.7. The quantitative estimate of drug-likeness (QED) is 0.365. The molecule has 0 unspecified atom stereocenters. The largest absolute Gasteiger partial charge is 0.314 e. The molecule has 1 fully saturated rings. The summed E-state index contributed by atoms with van der Waals surface area (Å²) < 4.78 is 0. The van der Waals surface area contributed by atoms with Crippen LogP contribution in [-0.2, 0) is 0 Å². The Morgan fingerprint density at radius 2 is 1.38 bits per heavy atom. The fourth-order valence-corrected chi connectivity index (χ4v) is 3.99. The molecule has 2 atom stereocenters. The van der Waals surface area contributed by atoms with E-state index in [1.165, 1.54) is 70.9 Å². The molecule has 1 rings (SSSR count). The molecule has 2 heteroatoms. The summed E-state index contributed by atoms with van der Waals surface area (Å²) >= 11 is 0. The van der Waals surface area contributed by atoms with Crippen molar-refractivity contribution in [2.75, 3.05) is 32.7 Å². The summed E-state index contributed by atoms with van der Waals surface area (Å²) in [5, 5.41) is 3.42. The van der Waals surface area contributed by atoms with E-state index in [0.29, 0.717) is 0 Å². The fraction of sp³-hybridized carbons (Fsp3) is 0.917. The molecule has 0 spiro atoms. The van der Waals surface area contributed by atoms with Gasteiger partial charge < -0.3 is 5.32 Å². The number of hydrogen-bond donors (Lipinski definition) is 1. The first-order valence-electron chi connectivity index (χ1n) is 11.6. The van der Waals surface area contributed by atoms with Gasteiger partial charge in [-0.25, -0.2) is 0 Å². The van der Waals surface area contributed by atoms with Gasteiger partial charge in [-0.2, -0.15) is 0 Å². The summed E-state index contributed by atoms with van der Waals surface area (Å²) in [7, 11) is 0. The van der Waals surface area contributed by atoms with Crippen molar-refractivity contribution < 1.29 is 0 Å². The molecule has 1 aliphatic rings. The van der Waals surface area contributed by atoms with Crippen molar-refractivity contribution >= 4 is 0 Å². The molecule has 0 aromatic rings. The highest BCUT2D eigenvalue weighted by molar-refractivity contribution is 4.99. The standard InChI is InChI=1S/C24H48N2/c1-21(2)9-6-10-22(3)11-7-12-23(4)13-8-14-24(5)15-18-26-19-16-25-17-20-26/h15,21-23,25H,6-14,16-20H2,1-5H3/b24-15+/t22-,23-/m1/s1. The smallest absolute Gasteiger partial charge is 0.0166 e. The van der Waals surface area contributed by atoms with Gasteiger partial charge in [0.1, 0.15) is 0 Å². The molecule has 1 aliphatic heterocycles. The number of rotatable bonds is 14. The van der Waals surface area contributed by atoms with Gasteiger partial charge in [-0.3, -0.25) is 4.90 Å². The van der Waals surface area contributed by atoms with E-state index in [2.05, 4.69) is 50.9 Å². The lowest BCUT2D eigenvalue weighted by molar-refractivity contribution is 0.264. The van der Waals surface area contributed by atoms with Crippen LogP contribution >= 0.6 is 0 Å². The first-order valence-corrected chi connectivity index (χ1v) is 11.6. The minimum absolute atomic E-state index is 0.872. The van der Waals surface area contributed by atoms with Crippen LogP contribution in [0.25, 0.3) is 0 Å². The van der Waals surface area contributed by atoms with E-state index < -0.39 is 0 Å².